The van der Waals surface area contributed by atoms with Gasteiger partial charge >= 0.3 is 6.03 Å². The summed E-state index contributed by atoms with van der Waals surface area (Å²) in [4.78, 5) is 26.3. The highest BCUT2D eigenvalue weighted by molar-refractivity contribution is 5.97. The average Bonchev–Trinajstić information content (AvgIpc) is 3.16. The zero-order valence-electron chi connectivity index (χ0n) is 14.7. The van der Waals surface area contributed by atoms with Gasteiger partial charge in [0.25, 0.3) is 5.91 Å². The average molecular weight is 360 g/mol. The molecule has 6 nitrogen and oxygen atoms in total. The molecule has 0 saturated carbocycles. The summed E-state index contributed by atoms with van der Waals surface area (Å²) in [7, 11) is 0. The van der Waals surface area contributed by atoms with Gasteiger partial charge in [-0.2, -0.15) is 0 Å². The second-order valence-corrected chi connectivity index (χ2v) is 6.51. The van der Waals surface area contributed by atoms with E-state index < -0.39 is 6.03 Å². The van der Waals surface area contributed by atoms with Crippen LogP contribution in [0.1, 0.15) is 27.7 Å². The van der Waals surface area contributed by atoms with Gasteiger partial charge in [0.05, 0.1) is 6.04 Å². The van der Waals surface area contributed by atoms with Gasteiger partial charge in [0.1, 0.15) is 0 Å². The van der Waals surface area contributed by atoms with E-state index in [0.29, 0.717) is 17.8 Å². The Labute approximate surface area is 157 Å². The molecule has 1 aliphatic heterocycles. The molecule has 27 heavy (non-hydrogen) atoms. The first-order valence-corrected chi connectivity index (χ1v) is 8.81. The quantitative estimate of drug-likeness (QED) is 0.752. The number of amides is 3. The maximum atomic E-state index is 13.3. The molecule has 6 heteroatoms. The molecule has 136 valence electrons. The fourth-order valence-electron chi connectivity index (χ4n) is 3.63. The molecule has 0 saturated heterocycles. The number of rotatable bonds is 3. The standard InChI is InChI=1S/C21H20N4O2/c22-21(27)23-17-9-4-8-16(14-17)20(26)25-13-12-24-11-5-10-18(24)19(25)15-6-2-1-3-7-15/h1-11,14,19H,12-13H2,(H3,22,23,27)/t19-/m0/s1. The maximum Gasteiger partial charge on any atom is 0.316 e. The summed E-state index contributed by atoms with van der Waals surface area (Å²) in [5, 5.41) is 2.52. The van der Waals surface area contributed by atoms with Crippen molar-refractivity contribution in [3.05, 3.63) is 89.7 Å². The normalized spacial score (nSPS) is 15.9. The Kier molecular flexibility index (Phi) is 4.38. The van der Waals surface area contributed by atoms with Crippen LogP contribution in [0.25, 0.3) is 0 Å². The van der Waals surface area contributed by atoms with E-state index >= 15 is 0 Å². The number of urea groups is 1. The van der Waals surface area contributed by atoms with E-state index in [1.807, 2.05) is 47.5 Å². The molecule has 1 aromatic heterocycles. The van der Waals surface area contributed by atoms with E-state index in [2.05, 4.69) is 16.0 Å². The van der Waals surface area contributed by atoms with Crippen LogP contribution in [0, 0.1) is 0 Å². The molecule has 0 radical (unpaired) electrons. The van der Waals surface area contributed by atoms with E-state index in [0.717, 1.165) is 17.8 Å². The zero-order chi connectivity index (χ0) is 18.8. The first kappa shape index (κ1) is 16.9. The number of carbonyl (C=O) groups is 2. The van der Waals surface area contributed by atoms with Crippen LogP contribution in [-0.4, -0.2) is 28.0 Å². The molecular formula is C21H20N4O2. The number of nitrogens with two attached hydrogens (primary N) is 1. The summed E-state index contributed by atoms with van der Waals surface area (Å²) >= 11 is 0. The van der Waals surface area contributed by atoms with Crippen molar-refractivity contribution in [1.82, 2.24) is 9.47 Å². The lowest BCUT2D eigenvalue weighted by atomic mass is 9.99. The van der Waals surface area contributed by atoms with Crippen molar-refractivity contribution in [3.63, 3.8) is 0 Å². The Morgan fingerprint density at radius 1 is 0.963 bits per heavy atom. The highest BCUT2D eigenvalue weighted by Gasteiger charge is 2.32. The van der Waals surface area contributed by atoms with Gasteiger partial charge in [-0.15, -0.1) is 0 Å². The summed E-state index contributed by atoms with van der Waals surface area (Å²) in [6.07, 6.45) is 2.05. The van der Waals surface area contributed by atoms with Gasteiger partial charge in [-0.1, -0.05) is 36.4 Å². The lowest BCUT2D eigenvalue weighted by molar-refractivity contribution is 0.0664. The summed E-state index contributed by atoms with van der Waals surface area (Å²) in [6, 6.07) is 20.1. The minimum atomic E-state index is -0.655. The fourth-order valence-corrected chi connectivity index (χ4v) is 3.63. The summed E-state index contributed by atoms with van der Waals surface area (Å²) in [5.74, 6) is -0.0792. The molecule has 0 unspecified atom stereocenters. The van der Waals surface area contributed by atoms with E-state index in [1.165, 1.54) is 0 Å². The Hall–Kier alpha value is -3.54. The summed E-state index contributed by atoms with van der Waals surface area (Å²) < 4.78 is 2.19. The molecule has 2 aromatic carbocycles. The Morgan fingerprint density at radius 2 is 1.78 bits per heavy atom. The van der Waals surface area contributed by atoms with Gasteiger partial charge in [-0.3, -0.25) is 4.79 Å². The van der Waals surface area contributed by atoms with Gasteiger partial charge in [0.15, 0.2) is 0 Å². The predicted molar refractivity (Wildman–Crippen MR) is 103 cm³/mol. The van der Waals surface area contributed by atoms with Crippen LogP contribution in [-0.2, 0) is 6.54 Å². The molecular weight excluding hydrogens is 340 g/mol. The van der Waals surface area contributed by atoms with Crippen molar-refractivity contribution in [2.75, 3.05) is 11.9 Å². The predicted octanol–water partition coefficient (Wildman–Crippen LogP) is 3.22. The molecule has 1 atom stereocenters. The smallest absolute Gasteiger partial charge is 0.316 e. The summed E-state index contributed by atoms with van der Waals surface area (Å²) in [5.41, 5.74) is 8.36. The molecule has 0 spiro atoms. The maximum absolute atomic E-state index is 13.3. The van der Waals surface area contributed by atoms with Crippen LogP contribution in [0.4, 0.5) is 10.5 Å². The van der Waals surface area contributed by atoms with Gasteiger partial charge in [-0.25, -0.2) is 4.79 Å². The number of anilines is 1. The zero-order valence-corrected chi connectivity index (χ0v) is 14.7. The third-order valence-corrected chi connectivity index (χ3v) is 4.79. The van der Waals surface area contributed by atoms with Gasteiger partial charge in [-0.05, 0) is 35.9 Å². The molecule has 4 rings (SSSR count). The number of aromatic nitrogens is 1. The molecule has 2 heterocycles. The molecule has 0 fully saturated rings. The van der Waals surface area contributed by atoms with Crippen LogP contribution in [0.3, 0.4) is 0 Å². The van der Waals surface area contributed by atoms with E-state index in [4.69, 9.17) is 5.73 Å². The molecule has 3 aromatic rings. The largest absolute Gasteiger partial charge is 0.351 e. The molecule has 0 bridgehead atoms. The van der Waals surface area contributed by atoms with Crippen molar-refractivity contribution in [1.29, 1.82) is 0 Å². The van der Waals surface area contributed by atoms with E-state index in [9.17, 15) is 9.59 Å². The second-order valence-electron chi connectivity index (χ2n) is 6.51. The summed E-state index contributed by atoms with van der Waals surface area (Å²) in [6.45, 7) is 1.35. The van der Waals surface area contributed by atoms with Crippen molar-refractivity contribution < 1.29 is 9.59 Å². The molecule has 3 N–H and O–H groups in total. The molecule has 1 aliphatic rings. The minimum absolute atomic E-state index is 0.0792. The number of nitrogens with zero attached hydrogens (tertiary/aromatic N) is 2. The fraction of sp³-hybridized carbons (Fsp3) is 0.143. The van der Waals surface area contributed by atoms with Gasteiger partial charge in [0.2, 0.25) is 0 Å². The van der Waals surface area contributed by atoms with Crippen molar-refractivity contribution >= 4 is 17.6 Å². The van der Waals surface area contributed by atoms with Crippen LogP contribution < -0.4 is 11.1 Å². The number of nitrogens with one attached hydrogen (secondary N) is 1. The van der Waals surface area contributed by atoms with Crippen LogP contribution in [0.2, 0.25) is 0 Å². The number of hydrogen-bond donors (Lipinski definition) is 2. The first-order chi connectivity index (χ1) is 13.1. The minimum Gasteiger partial charge on any atom is -0.351 e. The van der Waals surface area contributed by atoms with Crippen molar-refractivity contribution in [3.8, 4) is 0 Å². The molecule has 0 aliphatic carbocycles. The highest BCUT2D eigenvalue weighted by atomic mass is 16.2. The number of hydrogen-bond acceptors (Lipinski definition) is 2. The lowest BCUT2D eigenvalue weighted by Gasteiger charge is -2.37. The van der Waals surface area contributed by atoms with E-state index in [1.54, 1.807) is 24.3 Å². The topological polar surface area (TPSA) is 80.4 Å². The highest BCUT2D eigenvalue weighted by Crippen LogP contribution is 2.33. The SMILES string of the molecule is NC(=O)Nc1cccc(C(=O)N2CCn3cccc3[C@@H]2c2ccccc2)c1. The Bertz CT molecular complexity index is 981. The number of benzene rings is 2. The first-order valence-electron chi connectivity index (χ1n) is 8.81. The van der Waals surface area contributed by atoms with E-state index in [-0.39, 0.29) is 11.9 Å². The van der Waals surface area contributed by atoms with Crippen molar-refractivity contribution in [2.24, 2.45) is 5.73 Å². The Morgan fingerprint density at radius 3 is 2.56 bits per heavy atom. The lowest BCUT2D eigenvalue weighted by Crippen LogP contribution is -2.42. The van der Waals surface area contributed by atoms with Crippen LogP contribution in [0.15, 0.2) is 72.9 Å². The monoisotopic (exact) mass is 360 g/mol. The Balaban J connectivity index is 1.71. The van der Waals surface area contributed by atoms with Gasteiger partial charge in [0, 0.05) is 36.2 Å². The third kappa shape index (κ3) is 3.29. The third-order valence-electron chi connectivity index (χ3n) is 4.79. The van der Waals surface area contributed by atoms with Gasteiger partial charge < -0.3 is 20.5 Å². The number of carbonyl (C=O) groups excluding carboxylic acids is 2. The van der Waals surface area contributed by atoms with Crippen LogP contribution in [0.5, 0.6) is 0 Å². The molecule has 3 amide bonds. The number of primary amides is 1. The number of fused-ring (bicyclic) bond motifs is 1. The van der Waals surface area contributed by atoms with Crippen molar-refractivity contribution in [2.45, 2.75) is 12.6 Å². The van der Waals surface area contributed by atoms with Crippen LogP contribution >= 0.6 is 0 Å². The second kappa shape index (κ2) is 6.99.